The molecule has 3 aliphatic heterocycles. The zero-order valence-corrected chi connectivity index (χ0v) is 17.5. The van der Waals surface area contributed by atoms with Crippen molar-refractivity contribution < 1.29 is 9.53 Å². The molecule has 1 spiro atoms. The van der Waals surface area contributed by atoms with E-state index in [1.165, 1.54) is 17.3 Å². The molecule has 2 aromatic rings. The van der Waals surface area contributed by atoms with Crippen molar-refractivity contribution in [2.45, 2.75) is 32.0 Å². The number of thioether (sulfide) groups is 1. The molecule has 8 heteroatoms. The molecule has 2 aromatic heterocycles. The number of piperidine rings is 1. The van der Waals surface area contributed by atoms with Crippen LogP contribution in [0.15, 0.2) is 46.6 Å². The minimum Gasteiger partial charge on any atom is -0.364 e. The lowest BCUT2D eigenvalue weighted by Crippen LogP contribution is -2.44. The Kier molecular flexibility index (Phi) is 4.69. The van der Waals surface area contributed by atoms with Crippen molar-refractivity contribution in [1.82, 2.24) is 14.9 Å². The Bertz CT molecular complexity index is 1040. The number of fused-ring (bicyclic) bond motifs is 2. The SMILES string of the molecule is C/C(=C1/SC(N2CCC3(CC2)OCc2ncccc23)=NC1=O)c1ccc(Cl)nc1. The minimum atomic E-state index is -0.252. The van der Waals surface area contributed by atoms with E-state index in [1.54, 1.807) is 12.3 Å². The third kappa shape index (κ3) is 3.27. The van der Waals surface area contributed by atoms with Crippen LogP contribution >= 0.6 is 23.4 Å². The van der Waals surface area contributed by atoms with Gasteiger partial charge in [0.2, 0.25) is 0 Å². The highest BCUT2D eigenvalue weighted by atomic mass is 35.5. The lowest BCUT2D eigenvalue weighted by atomic mass is 9.85. The van der Waals surface area contributed by atoms with E-state index in [2.05, 4.69) is 25.9 Å². The number of amidine groups is 1. The number of aromatic nitrogens is 2. The van der Waals surface area contributed by atoms with Gasteiger partial charge in [-0.3, -0.25) is 9.78 Å². The first-order valence-corrected chi connectivity index (χ1v) is 10.7. The maximum atomic E-state index is 12.6. The molecule has 1 amide bonds. The maximum Gasteiger partial charge on any atom is 0.286 e. The first-order chi connectivity index (χ1) is 14.1. The van der Waals surface area contributed by atoms with Crippen molar-refractivity contribution in [3.8, 4) is 0 Å². The molecule has 148 valence electrons. The topological polar surface area (TPSA) is 67.7 Å². The molecule has 29 heavy (non-hydrogen) atoms. The highest BCUT2D eigenvalue weighted by molar-refractivity contribution is 8.18. The molecular formula is C21H19ClN4O2S. The summed E-state index contributed by atoms with van der Waals surface area (Å²) in [6.45, 7) is 4.08. The highest BCUT2D eigenvalue weighted by Crippen LogP contribution is 2.44. The van der Waals surface area contributed by atoms with E-state index in [0.29, 0.717) is 16.7 Å². The van der Waals surface area contributed by atoms with Crippen LogP contribution < -0.4 is 0 Å². The third-order valence-corrected chi connectivity index (χ3v) is 7.23. The van der Waals surface area contributed by atoms with Gasteiger partial charge >= 0.3 is 0 Å². The number of ether oxygens (including phenoxy) is 1. The van der Waals surface area contributed by atoms with Gasteiger partial charge in [0.15, 0.2) is 5.17 Å². The molecule has 0 radical (unpaired) electrons. The first kappa shape index (κ1) is 18.8. The van der Waals surface area contributed by atoms with Gasteiger partial charge in [-0.05, 0) is 54.8 Å². The number of pyridine rings is 2. The van der Waals surface area contributed by atoms with Crippen LogP contribution in [-0.4, -0.2) is 39.0 Å². The molecule has 3 aliphatic rings. The molecule has 0 aliphatic carbocycles. The predicted molar refractivity (Wildman–Crippen MR) is 113 cm³/mol. The standard InChI is InChI=1S/C21H19ClN4O2S/c1-13(14-4-5-17(22)24-11-14)18-19(27)25-20(29-18)26-9-6-21(7-10-26)15-3-2-8-23-16(15)12-28-21/h2-5,8,11H,6-7,9-10,12H2,1H3/b18-13-. The van der Waals surface area contributed by atoms with Crippen LogP contribution in [0.25, 0.3) is 5.57 Å². The largest absolute Gasteiger partial charge is 0.364 e. The smallest absolute Gasteiger partial charge is 0.286 e. The number of nitrogens with zero attached hydrogens (tertiary/aromatic N) is 4. The zero-order chi connectivity index (χ0) is 20.0. The molecule has 6 nitrogen and oxygen atoms in total. The maximum absolute atomic E-state index is 12.6. The fraction of sp³-hybridized carbons (Fsp3) is 0.333. The monoisotopic (exact) mass is 426 g/mol. The van der Waals surface area contributed by atoms with Gasteiger partial charge in [0, 0.05) is 31.0 Å². The van der Waals surface area contributed by atoms with Crippen LogP contribution in [0.5, 0.6) is 0 Å². The number of hydrogen-bond acceptors (Lipinski definition) is 6. The molecule has 1 fully saturated rings. The van der Waals surface area contributed by atoms with E-state index in [1.807, 2.05) is 25.3 Å². The van der Waals surface area contributed by atoms with Crippen LogP contribution in [0.3, 0.4) is 0 Å². The number of carbonyl (C=O) groups is 1. The van der Waals surface area contributed by atoms with Crippen LogP contribution in [0.2, 0.25) is 5.15 Å². The lowest BCUT2D eigenvalue weighted by molar-refractivity contribution is -0.113. The number of hydrogen-bond donors (Lipinski definition) is 0. The Balaban J connectivity index is 1.31. The van der Waals surface area contributed by atoms with E-state index in [9.17, 15) is 4.79 Å². The second-order valence-electron chi connectivity index (χ2n) is 7.39. The van der Waals surface area contributed by atoms with E-state index in [0.717, 1.165) is 47.9 Å². The molecule has 1 saturated heterocycles. The number of amides is 1. The lowest BCUT2D eigenvalue weighted by Gasteiger charge is -2.39. The van der Waals surface area contributed by atoms with Crippen LogP contribution in [0.4, 0.5) is 0 Å². The summed E-state index contributed by atoms with van der Waals surface area (Å²) in [5.41, 5.74) is 3.75. The van der Waals surface area contributed by atoms with Crippen molar-refractivity contribution in [3.63, 3.8) is 0 Å². The van der Waals surface area contributed by atoms with Gasteiger partial charge in [0.05, 0.1) is 22.8 Å². The number of aliphatic imine (C=N–C) groups is 1. The summed E-state index contributed by atoms with van der Waals surface area (Å²) >= 11 is 7.31. The van der Waals surface area contributed by atoms with Crippen molar-refractivity contribution in [3.05, 3.63) is 63.5 Å². The van der Waals surface area contributed by atoms with Crippen LogP contribution in [0, 0.1) is 0 Å². The fourth-order valence-electron chi connectivity index (χ4n) is 4.12. The van der Waals surface area contributed by atoms with E-state index in [4.69, 9.17) is 16.3 Å². The van der Waals surface area contributed by atoms with Gasteiger partial charge < -0.3 is 9.64 Å². The second kappa shape index (κ2) is 7.23. The average molecular weight is 427 g/mol. The molecule has 0 atom stereocenters. The van der Waals surface area contributed by atoms with Gasteiger partial charge in [-0.15, -0.1) is 0 Å². The summed E-state index contributed by atoms with van der Waals surface area (Å²) in [6.07, 6.45) is 5.22. The summed E-state index contributed by atoms with van der Waals surface area (Å²) < 4.78 is 6.18. The van der Waals surface area contributed by atoms with E-state index >= 15 is 0 Å². The number of rotatable bonds is 1. The molecule has 0 N–H and O–H groups in total. The predicted octanol–water partition coefficient (Wildman–Crippen LogP) is 4.01. The fourth-order valence-corrected chi connectivity index (χ4v) is 5.26. The Morgan fingerprint density at radius 1 is 1.24 bits per heavy atom. The average Bonchev–Trinajstić information content (AvgIpc) is 3.30. The number of halogens is 1. The minimum absolute atomic E-state index is 0.190. The summed E-state index contributed by atoms with van der Waals surface area (Å²) in [5.74, 6) is -0.190. The molecule has 5 rings (SSSR count). The van der Waals surface area contributed by atoms with Crippen LogP contribution in [-0.2, 0) is 21.7 Å². The number of carbonyl (C=O) groups excluding carboxylic acids is 1. The molecule has 5 heterocycles. The van der Waals surface area contributed by atoms with Gasteiger partial charge in [-0.25, -0.2) is 4.98 Å². The number of allylic oxidation sites excluding steroid dienone is 1. The Labute approximate surface area is 178 Å². The van der Waals surface area contributed by atoms with Gasteiger partial charge in [0.1, 0.15) is 5.15 Å². The molecule has 0 unspecified atom stereocenters. The summed E-state index contributed by atoms with van der Waals surface area (Å²) in [5, 5.41) is 1.20. The first-order valence-electron chi connectivity index (χ1n) is 9.53. The van der Waals surface area contributed by atoms with Crippen LogP contribution in [0.1, 0.15) is 36.6 Å². The summed E-state index contributed by atoms with van der Waals surface area (Å²) in [6, 6.07) is 7.70. The molecular weight excluding hydrogens is 408 g/mol. The number of likely N-dealkylation sites (tertiary alicyclic amines) is 1. The second-order valence-corrected chi connectivity index (χ2v) is 8.76. The Morgan fingerprint density at radius 2 is 2.07 bits per heavy atom. The Morgan fingerprint density at radius 3 is 2.83 bits per heavy atom. The molecule has 0 saturated carbocycles. The van der Waals surface area contributed by atoms with Crippen molar-refractivity contribution in [1.29, 1.82) is 0 Å². The van der Waals surface area contributed by atoms with Crippen molar-refractivity contribution in [2.24, 2.45) is 4.99 Å². The zero-order valence-electron chi connectivity index (χ0n) is 15.9. The quantitative estimate of drug-likeness (QED) is 0.507. The highest BCUT2D eigenvalue weighted by Gasteiger charge is 2.44. The summed E-state index contributed by atoms with van der Waals surface area (Å²) in [4.78, 5) is 28.3. The van der Waals surface area contributed by atoms with E-state index in [-0.39, 0.29) is 11.5 Å². The van der Waals surface area contributed by atoms with Gasteiger partial charge in [-0.1, -0.05) is 23.7 Å². The third-order valence-electron chi connectivity index (χ3n) is 5.79. The molecule has 0 bridgehead atoms. The normalized spacial score (nSPS) is 22.1. The van der Waals surface area contributed by atoms with Gasteiger partial charge in [0.25, 0.3) is 5.91 Å². The van der Waals surface area contributed by atoms with Crippen molar-refractivity contribution in [2.75, 3.05) is 13.1 Å². The summed E-state index contributed by atoms with van der Waals surface area (Å²) in [7, 11) is 0. The molecule has 0 aromatic carbocycles. The van der Waals surface area contributed by atoms with E-state index < -0.39 is 0 Å². The van der Waals surface area contributed by atoms with Gasteiger partial charge in [-0.2, -0.15) is 4.99 Å². The Hall–Kier alpha value is -2.22. The van der Waals surface area contributed by atoms with Crippen molar-refractivity contribution >= 4 is 40.0 Å².